The number of nitrogens with zero attached hydrogens (tertiary/aromatic N) is 5. The molecule has 0 amide bonds. The lowest BCUT2D eigenvalue weighted by atomic mass is 10.1. The highest BCUT2D eigenvalue weighted by Crippen LogP contribution is 2.27. The summed E-state index contributed by atoms with van der Waals surface area (Å²) in [6.07, 6.45) is 4.40. The van der Waals surface area contributed by atoms with Gasteiger partial charge in [0.25, 0.3) is 0 Å². The van der Waals surface area contributed by atoms with Crippen LogP contribution < -0.4 is 0 Å². The Balaban J connectivity index is 1.92. The number of rotatable bonds is 5. The van der Waals surface area contributed by atoms with E-state index in [0.717, 1.165) is 0 Å². The Morgan fingerprint density at radius 3 is 2.61 bits per heavy atom. The number of carbonyl (C=O) groups is 1. The Kier molecular flexibility index (Phi) is 3.71. The van der Waals surface area contributed by atoms with Crippen LogP contribution in [0, 0.1) is 10.1 Å². The molecule has 0 radical (unpaired) electrons. The van der Waals surface area contributed by atoms with Gasteiger partial charge < -0.3 is 0 Å². The van der Waals surface area contributed by atoms with E-state index in [-0.39, 0.29) is 23.7 Å². The molecule has 0 aliphatic rings. The molecule has 0 unspecified atom stereocenters. The van der Waals surface area contributed by atoms with E-state index in [0.29, 0.717) is 11.1 Å². The number of aryl methyl sites for hydroxylation is 1. The van der Waals surface area contributed by atoms with E-state index in [2.05, 4.69) is 10.2 Å². The molecule has 0 saturated carbocycles. The van der Waals surface area contributed by atoms with Gasteiger partial charge in [0.15, 0.2) is 11.5 Å². The van der Waals surface area contributed by atoms with Crippen LogP contribution in [0.2, 0.25) is 0 Å². The molecule has 0 N–H and O–H groups in total. The summed E-state index contributed by atoms with van der Waals surface area (Å²) >= 11 is 0. The normalized spacial score (nSPS) is 10.7. The van der Waals surface area contributed by atoms with Gasteiger partial charge in [-0.2, -0.15) is 10.2 Å². The molecule has 0 bridgehead atoms. The lowest BCUT2D eigenvalue weighted by molar-refractivity contribution is -0.384. The molecule has 0 atom stereocenters. The molecule has 0 fully saturated rings. The van der Waals surface area contributed by atoms with Gasteiger partial charge in [0.05, 0.1) is 11.1 Å². The third-order valence-electron chi connectivity index (χ3n) is 3.32. The summed E-state index contributed by atoms with van der Waals surface area (Å²) in [4.78, 5) is 22.9. The molecular formula is C15H13N5O3. The van der Waals surface area contributed by atoms with Crippen LogP contribution in [0.5, 0.6) is 0 Å². The number of carbonyl (C=O) groups excluding carboxylic acids is 1. The van der Waals surface area contributed by atoms with Crippen molar-refractivity contribution in [2.45, 2.75) is 6.54 Å². The third kappa shape index (κ3) is 3.00. The first kappa shape index (κ1) is 14.6. The minimum atomic E-state index is -0.515. The zero-order valence-corrected chi connectivity index (χ0v) is 12.3. The van der Waals surface area contributed by atoms with Crippen molar-refractivity contribution in [3.8, 4) is 11.3 Å². The number of hydrogen-bond donors (Lipinski definition) is 0. The van der Waals surface area contributed by atoms with Gasteiger partial charge in [-0.15, -0.1) is 0 Å². The molecule has 3 rings (SSSR count). The SMILES string of the molecule is Cn1cc(-c2nn(CC(=O)c3ccccc3)cc2[N+](=O)[O-])cn1. The summed E-state index contributed by atoms with van der Waals surface area (Å²) < 4.78 is 2.82. The van der Waals surface area contributed by atoms with Gasteiger partial charge >= 0.3 is 5.69 Å². The van der Waals surface area contributed by atoms with E-state index in [1.807, 2.05) is 6.07 Å². The highest BCUT2D eigenvalue weighted by molar-refractivity contribution is 5.95. The van der Waals surface area contributed by atoms with Crippen LogP contribution in [0.3, 0.4) is 0 Å². The van der Waals surface area contributed by atoms with Crippen LogP contribution in [-0.2, 0) is 13.6 Å². The van der Waals surface area contributed by atoms with Crippen LogP contribution >= 0.6 is 0 Å². The molecule has 1 aromatic carbocycles. The molecule has 8 heteroatoms. The number of aromatic nitrogens is 4. The molecule has 0 spiro atoms. The Labute approximate surface area is 131 Å². The molecule has 2 aromatic heterocycles. The van der Waals surface area contributed by atoms with Gasteiger partial charge in [0, 0.05) is 24.4 Å². The Bertz CT molecular complexity index is 866. The van der Waals surface area contributed by atoms with Gasteiger partial charge in [-0.1, -0.05) is 30.3 Å². The fraction of sp³-hybridized carbons (Fsp3) is 0.133. The zero-order valence-electron chi connectivity index (χ0n) is 12.3. The highest BCUT2D eigenvalue weighted by Gasteiger charge is 2.23. The summed E-state index contributed by atoms with van der Waals surface area (Å²) in [5.41, 5.74) is 1.11. The van der Waals surface area contributed by atoms with E-state index < -0.39 is 4.92 Å². The first-order valence-electron chi connectivity index (χ1n) is 6.83. The molecule has 0 saturated heterocycles. The maximum Gasteiger partial charge on any atom is 0.315 e. The minimum absolute atomic E-state index is 0.0644. The summed E-state index contributed by atoms with van der Waals surface area (Å²) in [5.74, 6) is -0.166. The average Bonchev–Trinajstić information content (AvgIpc) is 3.14. The van der Waals surface area contributed by atoms with Crippen molar-refractivity contribution >= 4 is 11.5 Å². The maximum absolute atomic E-state index is 12.2. The zero-order chi connectivity index (χ0) is 16.4. The molecule has 8 nitrogen and oxygen atoms in total. The summed E-state index contributed by atoms with van der Waals surface area (Å²) in [7, 11) is 1.71. The first-order chi connectivity index (χ1) is 11.0. The predicted molar refractivity (Wildman–Crippen MR) is 81.9 cm³/mol. The van der Waals surface area contributed by atoms with Crippen LogP contribution in [0.15, 0.2) is 48.9 Å². The summed E-state index contributed by atoms with van der Waals surface area (Å²) in [6, 6.07) is 8.74. The molecule has 0 aliphatic heterocycles. The van der Waals surface area contributed by atoms with Crippen molar-refractivity contribution in [2.24, 2.45) is 7.05 Å². The van der Waals surface area contributed by atoms with Crippen LogP contribution in [0.4, 0.5) is 5.69 Å². The fourth-order valence-electron chi connectivity index (χ4n) is 2.24. The highest BCUT2D eigenvalue weighted by atomic mass is 16.6. The summed E-state index contributed by atoms with van der Waals surface area (Å²) in [5, 5.41) is 19.4. The third-order valence-corrected chi connectivity index (χ3v) is 3.32. The number of ketones is 1. The van der Waals surface area contributed by atoms with Crippen LogP contribution in [0.25, 0.3) is 11.3 Å². The van der Waals surface area contributed by atoms with Crippen molar-refractivity contribution in [1.82, 2.24) is 19.6 Å². The number of Topliss-reactive ketones (excluding diaryl/α,β-unsaturated/α-hetero) is 1. The van der Waals surface area contributed by atoms with E-state index in [4.69, 9.17) is 0 Å². The van der Waals surface area contributed by atoms with Crippen molar-refractivity contribution < 1.29 is 9.72 Å². The molecule has 116 valence electrons. The molecule has 2 heterocycles. The molecule has 0 aliphatic carbocycles. The lowest BCUT2D eigenvalue weighted by Crippen LogP contribution is -2.10. The largest absolute Gasteiger partial charge is 0.315 e. The van der Waals surface area contributed by atoms with Crippen LogP contribution in [0.1, 0.15) is 10.4 Å². The number of nitro groups is 1. The maximum atomic E-state index is 12.2. The topological polar surface area (TPSA) is 95.8 Å². The van der Waals surface area contributed by atoms with Crippen molar-refractivity contribution in [1.29, 1.82) is 0 Å². The van der Waals surface area contributed by atoms with Crippen LogP contribution in [-0.4, -0.2) is 30.3 Å². The van der Waals surface area contributed by atoms with E-state index in [9.17, 15) is 14.9 Å². The van der Waals surface area contributed by atoms with Gasteiger partial charge in [0.2, 0.25) is 0 Å². The Morgan fingerprint density at radius 2 is 2.00 bits per heavy atom. The van der Waals surface area contributed by atoms with Gasteiger partial charge in [-0.05, 0) is 0 Å². The predicted octanol–water partition coefficient (Wildman–Crippen LogP) is 2.07. The van der Waals surface area contributed by atoms with Crippen molar-refractivity contribution in [3.05, 3.63) is 64.6 Å². The smallest absolute Gasteiger partial charge is 0.292 e. The van der Waals surface area contributed by atoms with E-state index in [1.54, 1.807) is 37.5 Å². The molecule has 23 heavy (non-hydrogen) atoms. The minimum Gasteiger partial charge on any atom is -0.292 e. The van der Waals surface area contributed by atoms with E-state index >= 15 is 0 Å². The standard InChI is InChI=1S/C15H13N5O3/c1-18-8-12(7-16-18)15-13(20(22)23)9-19(17-15)10-14(21)11-5-3-2-4-6-11/h2-9H,10H2,1H3. The van der Waals surface area contributed by atoms with E-state index in [1.165, 1.54) is 21.8 Å². The lowest BCUT2D eigenvalue weighted by Gasteiger charge is -2.00. The monoisotopic (exact) mass is 311 g/mol. The summed E-state index contributed by atoms with van der Waals surface area (Å²) in [6.45, 7) is -0.0644. The average molecular weight is 311 g/mol. The second-order valence-corrected chi connectivity index (χ2v) is 5.01. The number of benzene rings is 1. The second-order valence-electron chi connectivity index (χ2n) is 5.01. The quantitative estimate of drug-likeness (QED) is 0.408. The van der Waals surface area contributed by atoms with Gasteiger partial charge in [0.1, 0.15) is 12.7 Å². The van der Waals surface area contributed by atoms with Crippen molar-refractivity contribution in [3.63, 3.8) is 0 Å². The van der Waals surface area contributed by atoms with Gasteiger partial charge in [-0.25, -0.2) is 0 Å². The van der Waals surface area contributed by atoms with Crippen molar-refractivity contribution in [2.75, 3.05) is 0 Å². The Morgan fingerprint density at radius 1 is 1.26 bits per heavy atom. The fourth-order valence-corrected chi connectivity index (χ4v) is 2.24. The first-order valence-corrected chi connectivity index (χ1v) is 6.83. The Hall–Kier alpha value is -3.29. The number of hydrogen-bond acceptors (Lipinski definition) is 5. The molecular weight excluding hydrogens is 298 g/mol. The second kappa shape index (κ2) is 5.84. The van der Waals surface area contributed by atoms with Gasteiger partial charge in [-0.3, -0.25) is 24.3 Å². The molecule has 3 aromatic rings.